The molecule has 1 aromatic carbocycles. The van der Waals surface area contributed by atoms with Gasteiger partial charge < -0.3 is 0 Å². The van der Waals surface area contributed by atoms with Gasteiger partial charge in [0.25, 0.3) is 0 Å². The van der Waals surface area contributed by atoms with Crippen LogP contribution in [0.2, 0.25) is 5.02 Å². The summed E-state index contributed by atoms with van der Waals surface area (Å²) in [5, 5.41) is 0.0216. The van der Waals surface area contributed by atoms with Crippen LogP contribution in [0.25, 0.3) is 0 Å². The number of benzene rings is 1. The van der Waals surface area contributed by atoms with E-state index in [4.69, 9.17) is 11.6 Å². The summed E-state index contributed by atoms with van der Waals surface area (Å²) < 4.78 is 98.7. The molecule has 1 rings (SSSR count). The van der Waals surface area contributed by atoms with Crippen molar-refractivity contribution in [3.8, 4) is 0 Å². The van der Waals surface area contributed by atoms with E-state index in [0.29, 0.717) is 12.1 Å². The summed E-state index contributed by atoms with van der Waals surface area (Å²) >= 11 is 5.42. The first-order valence-corrected chi connectivity index (χ1v) is 6.45. The van der Waals surface area contributed by atoms with Crippen molar-refractivity contribution in [2.24, 2.45) is 0 Å². The van der Waals surface area contributed by atoms with Crippen LogP contribution in [-0.4, -0.2) is 20.1 Å². The van der Waals surface area contributed by atoms with Crippen molar-refractivity contribution in [2.75, 3.05) is 0 Å². The van der Waals surface area contributed by atoms with E-state index >= 15 is 0 Å². The Labute approximate surface area is 114 Å². The fraction of sp³-hybridized carbons (Fsp3) is 0.333. The molecule has 0 aromatic heterocycles. The molecule has 0 amide bonds. The van der Waals surface area contributed by atoms with Gasteiger partial charge in [0.1, 0.15) is 0 Å². The SMILES string of the molecule is O=S(=O)(OC(c1ccc(Cl)cc1)C(F)(F)F)C(F)(F)F. The number of rotatable bonds is 3. The molecule has 0 aliphatic rings. The van der Waals surface area contributed by atoms with E-state index < -0.39 is 33.5 Å². The van der Waals surface area contributed by atoms with Crippen molar-refractivity contribution in [3.05, 3.63) is 34.9 Å². The molecule has 0 aliphatic heterocycles. The Hall–Kier alpha value is -1.00. The molecule has 0 aliphatic carbocycles. The molecule has 114 valence electrons. The molecule has 3 nitrogen and oxygen atoms in total. The zero-order chi connectivity index (χ0) is 15.8. The molecule has 0 saturated heterocycles. The topological polar surface area (TPSA) is 43.4 Å². The van der Waals surface area contributed by atoms with Crippen molar-refractivity contribution in [1.29, 1.82) is 0 Å². The van der Waals surface area contributed by atoms with Gasteiger partial charge in [-0.05, 0) is 17.7 Å². The van der Waals surface area contributed by atoms with Crippen LogP contribution >= 0.6 is 11.6 Å². The summed E-state index contributed by atoms with van der Waals surface area (Å²) in [6, 6.07) is 3.34. The smallest absolute Gasteiger partial charge is 0.245 e. The van der Waals surface area contributed by atoms with Crippen LogP contribution in [0.3, 0.4) is 0 Å². The summed E-state index contributed by atoms with van der Waals surface area (Å²) in [5.74, 6) is 0. The third-order valence-electron chi connectivity index (χ3n) is 1.98. The molecule has 0 spiro atoms. The fourth-order valence-electron chi connectivity index (χ4n) is 1.12. The molecule has 0 radical (unpaired) electrons. The predicted molar refractivity (Wildman–Crippen MR) is 56.3 cm³/mol. The Balaban J connectivity index is 3.20. The second-order valence-corrected chi connectivity index (χ2v) is 5.47. The Morgan fingerprint density at radius 1 is 1.00 bits per heavy atom. The third-order valence-corrected chi connectivity index (χ3v) is 3.24. The molecule has 0 heterocycles. The molecule has 1 unspecified atom stereocenters. The van der Waals surface area contributed by atoms with Crippen LogP contribution in [0, 0.1) is 0 Å². The fourth-order valence-corrected chi connectivity index (χ4v) is 1.83. The molecule has 0 fully saturated rings. The molecular weight excluding hydrogens is 338 g/mol. The van der Waals surface area contributed by atoms with E-state index in [9.17, 15) is 34.8 Å². The first-order valence-electron chi connectivity index (χ1n) is 4.66. The van der Waals surface area contributed by atoms with Crippen molar-refractivity contribution < 1.29 is 38.9 Å². The average molecular weight is 343 g/mol. The van der Waals surface area contributed by atoms with Crippen molar-refractivity contribution in [2.45, 2.75) is 17.8 Å². The van der Waals surface area contributed by atoms with E-state index in [-0.39, 0.29) is 5.02 Å². The highest BCUT2D eigenvalue weighted by atomic mass is 35.5. The second kappa shape index (κ2) is 5.41. The largest absolute Gasteiger partial charge is 0.523 e. The molecule has 20 heavy (non-hydrogen) atoms. The summed E-state index contributed by atoms with van der Waals surface area (Å²) in [6.45, 7) is 0. The summed E-state index contributed by atoms with van der Waals surface area (Å²) in [5.41, 5.74) is -6.78. The summed E-state index contributed by atoms with van der Waals surface area (Å²) in [6.07, 6.45) is -8.63. The van der Waals surface area contributed by atoms with Gasteiger partial charge in [0.05, 0.1) is 0 Å². The van der Waals surface area contributed by atoms with Crippen LogP contribution in [0.15, 0.2) is 24.3 Å². The molecule has 0 bridgehead atoms. The molecular formula is C9H5ClF6O3S. The van der Waals surface area contributed by atoms with E-state index in [2.05, 4.69) is 4.18 Å². The zero-order valence-corrected chi connectivity index (χ0v) is 10.7. The predicted octanol–water partition coefficient (Wildman–Crippen LogP) is 3.81. The van der Waals surface area contributed by atoms with Crippen LogP contribution < -0.4 is 0 Å². The minimum Gasteiger partial charge on any atom is -0.245 e. The molecule has 1 aromatic rings. The lowest BCUT2D eigenvalue weighted by atomic mass is 10.1. The lowest BCUT2D eigenvalue weighted by Gasteiger charge is -2.21. The van der Waals surface area contributed by atoms with E-state index in [1.54, 1.807) is 0 Å². The lowest BCUT2D eigenvalue weighted by molar-refractivity contribution is -0.200. The first kappa shape index (κ1) is 17.1. The minimum absolute atomic E-state index is 0.0216. The monoisotopic (exact) mass is 342 g/mol. The number of hydrogen-bond acceptors (Lipinski definition) is 3. The van der Waals surface area contributed by atoms with Crippen LogP contribution in [0.4, 0.5) is 26.3 Å². The van der Waals surface area contributed by atoms with E-state index in [1.165, 1.54) is 0 Å². The highest BCUT2D eigenvalue weighted by molar-refractivity contribution is 7.87. The molecule has 11 heteroatoms. The lowest BCUT2D eigenvalue weighted by Crippen LogP contribution is -2.32. The highest BCUT2D eigenvalue weighted by Crippen LogP contribution is 2.40. The van der Waals surface area contributed by atoms with Gasteiger partial charge in [-0.15, -0.1) is 0 Å². The molecule has 1 atom stereocenters. The maximum absolute atomic E-state index is 12.6. The summed E-state index contributed by atoms with van der Waals surface area (Å²) in [7, 11) is -6.39. The average Bonchev–Trinajstić information content (AvgIpc) is 2.24. The van der Waals surface area contributed by atoms with Crippen LogP contribution in [0.5, 0.6) is 0 Å². The number of alkyl halides is 6. The Kier molecular flexibility index (Phi) is 4.62. The summed E-state index contributed by atoms with van der Waals surface area (Å²) in [4.78, 5) is 0. The highest BCUT2D eigenvalue weighted by Gasteiger charge is 2.53. The zero-order valence-electron chi connectivity index (χ0n) is 9.17. The maximum atomic E-state index is 12.6. The third kappa shape index (κ3) is 4.00. The normalized spacial score (nSPS) is 15.2. The number of halogens is 7. The minimum atomic E-state index is -6.39. The van der Waals surface area contributed by atoms with Crippen LogP contribution in [0.1, 0.15) is 11.7 Å². The van der Waals surface area contributed by atoms with Gasteiger partial charge in [-0.2, -0.15) is 34.8 Å². The van der Waals surface area contributed by atoms with E-state index in [0.717, 1.165) is 12.1 Å². The standard InChI is InChI=1S/C9H5ClF6O3S/c10-6-3-1-5(2-4-6)7(8(11,12)13)19-20(17,18)9(14,15)16/h1-4,7H. The van der Waals surface area contributed by atoms with Crippen molar-refractivity contribution in [1.82, 2.24) is 0 Å². The Morgan fingerprint density at radius 3 is 1.80 bits per heavy atom. The van der Waals surface area contributed by atoms with Gasteiger partial charge in [-0.3, -0.25) is 0 Å². The quantitative estimate of drug-likeness (QED) is 0.476. The van der Waals surface area contributed by atoms with Gasteiger partial charge in [0, 0.05) is 5.02 Å². The first-order chi connectivity index (χ1) is 8.84. The number of hydrogen-bond donors (Lipinski definition) is 0. The van der Waals surface area contributed by atoms with Crippen LogP contribution in [-0.2, 0) is 14.3 Å². The van der Waals surface area contributed by atoms with Gasteiger partial charge in [0.2, 0.25) is 0 Å². The van der Waals surface area contributed by atoms with Gasteiger partial charge in [-0.1, -0.05) is 23.7 Å². The van der Waals surface area contributed by atoms with E-state index in [1.807, 2.05) is 0 Å². The molecule has 0 N–H and O–H groups in total. The Bertz CT molecular complexity index is 563. The molecule has 0 saturated carbocycles. The Morgan fingerprint density at radius 2 is 1.45 bits per heavy atom. The van der Waals surface area contributed by atoms with Gasteiger partial charge in [0.15, 0.2) is 6.10 Å². The second-order valence-electron chi connectivity index (χ2n) is 3.47. The van der Waals surface area contributed by atoms with Crippen molar-refractivity contribution in [3.63, 3.8) is 0 Å². The van der Waals surface area contributed by atoms with Crippen molar-refractivity contribution >= 4 is 21.7 Å². The van der Waals surface area contributed by atoms with Gasteiger partial charge >= 0.3 is 21.8 Å². The van der Waals surface area contributed by atoms with Gasteiger partial charge in [-0.25, -0.2) is 4.18 Å². The maximum Gasteiger partial charge on any atom is 0.523 e.